The van der Waals surface area contributed by atoms with Crippen LogP contribution in [0.15, 0.2) is 17.5 Å². The molecule has 1 aromatic carbocycles. The van der Waals surface area contributed by atoms with Gasteiger partial charge in [-0.3, -0.25) is 0 Å². The van der Waals surface area contributed by atoms with Crippen LogP contribution in [0.4, 0.5) is 13.2 Å². The number of aromatic nitrogens is 1. The molecule has 3 rings (SSSR count). The fourth-order valence-electron chi connectivity index (χ4n) is 1.61. The Balaban J connectivity index is 2.11. The number of hydrogen-bond donors (Lipinski definition) is 0. The molecule has 1 radical (unpaired) electrons. The average Bonchev–Trinajstić information content (AvgIpc) is 2.96. The van der Waals surface area contributed by atoms with E-state index in [1.54, 1.807) is 6.07 Å². The predicted octanol–water partition coefficient (Wildman–Crippen LogP) is 4.17. The number of thiazole rings is 1. The lowest BCUT2D eigenvalue weighted by atomic mass is 10.3. The lowest BCUT2D eigenvalue weighted by Gasteiger charge is -1.94. The van der Waals surface area contributed by atoms with Crippen molar-refractivity contribution in [3.05, 3.63) is 50.9 Å². The van der Waals surface area contributed by atoms with E-state index in [4.69, 9.17) is 0 Å². The van der Waals surface area contributed by atoms with Gasteiger partial charge in [-0.2, -0.15) is 0 Å². The van der Waals surface area contributed by atoms with E-state index in [0.717, 1.165) is 16.2 Å². The summed E-state index contributed by atoms with van der Waals surface area (Å²) in [6.45, 7) is 0. The quantitative estimate of drug-likeness (QED) is 0.644. The molecule has 0 aliphatic carbocycles. The highest BCUT2D eigenvalue weighted by atomic mass is 32.1. The van der Waals surface area contributed by atoms with E-state index in [1.165, 1.54) is 11.3 Å². The van der Waals surface area contributed by atoms with Gasteiger partial charge in [0.05, 0.1) is 9.71 Å². The third-order valence-electron chi connectivity index (χ3n) is 2.39. The second-order valence-corrected chi connectivity index (χ2v) is 5.69. The zero-order valence-corrected chi connectivity index (χ0v) is 10.5. The van der Waals surface area contributed by atoms with Gasteiger partial charge in [-0.05, 0) is 17.5 Å². The lowest BCUT2D eigenvalue weighted by Crippen LogP contribution is -1.89. The second-order valence-electron chi connectivity index (χ2n) is 3.60. The van der Waals surface area contributed by atoms with Crippen molar-refractivity contribution in [2.24, 2.45) is 0 Å². The summed E-state index contributed by atoms with van der Waals surface area (Å²) in [7, 11) is 0. The van der Waals surface area contributed by atoms with Crippen molar-refractivity contribution in [3.8, 4) is 0 Å². The number of fused-ring (bicyclic) bond motifs is 1. The van der Waals surface area contributed by atoms with E-state index in [2.05, 4.69) is 11.1 Å². The van der Waals surface area contributed by atoms with Crippen LogP contribution in [0.2, 0.25) is 0 Å². The van der Waals surface area contributed by atoms with E-state index >= 15 is 0 Å². The third kappa shape index (κ3) is 1.91. The summed E-state index contributed by atoms with van der Waals surface area (Å²) in [5.41, 5.74) is -0.232. The molecule has 2 aromatic heterocycles. The molecule has 0 spiro atoms. The Labute approximate surface area is 109 Å². The van der Waals surface area contributed by atoms with Crippen molar-refractivity contribution in [1.29, 1.82) is 0 Å². The molecule has 18 heavy (non-hydrogen) atoms. The van der Waals surface area contributed by atoms with Gasteiger partial charge in [0, 0.05) is 17.4 Å². The van der Waals surface area contributed by atoms with Crippen molar-refractivity contribution < 1.29 is 13.2 Å². The summed E-state index contributed by atoms with van der Waals surface area (Å²) in [6, 6.07) is 5.32. The minimum Gasteiger partial charge on any atom is -0.237 e. The molecule has 0 fully saturated rings. The summed E-state index contributed by atoms with van der Waals surface area (Å²) in [5, 5.41) is 2.41. The van der Waals surface area contributed by atoms with Crippen molar-refractivity contribution in [1.82, 2.24) is 4.98 Å². The smallest absolute Gasteiger partial charge is 0.186 e. The first-order chi connectivity index (χ1) is 8.65. The summed E-state index contributed by atoms with van der Waals surface area (Å²) < 4.78 is 40.0. The number of thiophene rings is 1. The Morgan fingerprint density at radius 1 is 1.22 bits per heavy atom. The van der Waals surface area contributed by atoms with E-state index < -0.39 is 17.5 Å². The fraction of sp³-hybridized carbons (Fsp3) is 0.0833. The number of hydrogen-bond acceptors (Lipinski definition) is 3. The molecule has 0 unspecified atom stereocenters. The largest absolute Gasteiger partial charge is 0.237 e. The summed E-state index contributed by atoms with van der Waals surface area (Å²) in [5.74, 6) is -3.08. The Morgan fingerprint density at radius 2 is 2.06 bits per heavy atom. The van der Waals surface area contributed by atoms with Gasteiger partial charge in [-0.15, -0.1) is 22.7 Å². The SMILES string of the molecule is Fc1cc(F)c2sc(Cc3[c]ccs3)nc2c1F. The van der Waals surface area contributed by atoms with Crippen LogP contribution in [0.5, 0.6) is 0 Å². The monoisotopic (exact) mass is 284 g/mol. The van der Waals surface area contributed by atoms with Gasteiger partial charge in [0.15, 0.2) is 11.6 Å². The number of halogens is 3. The van der Waals surface area contributed by atoms with Crippen LogP contribution < -0.4 is 0 Å². The van der Waals surface area contributed by atoms with Crippen molar-refractivity contribution in [2.45, 2.75) is 6.42 Å². The van der Waals surface area contributed by atoms with E-state index in [9.17, 15) is 13.2 Å². The summed E-state index contributed by atoms with van der Waals surface area (Å²) >= 11 is 2.53. The number of rotatable bonds is 2. The van der Waals surface area contributed by atoms with Crippen LogP contribution in [-0.2, 0) is 6.42 Å². The van der Waals surface area contributed by atoms with Crippen LogP contribution >= 0.6 is 22.7 Å². The van der Waals surface area contributed by atoms with Crippen molar-refractivity contribution in [3.63, 3.8) is 0 Å². The highest BCUT2D eigenvalue weighted by Gasteiger charge is 2.17. The highest BCUT2D eigenvalue weighted by molar-refractivity contribution is 7.18. The molecule has 0 amide bonds. The van der Waals surface area contributed by atoms with Gasteiger partial charge >= 0.3 is 0 Å². The Kier molecular flexibility index (Phi) is 2.83. The van der Waals surface area contributed by atoms with Crippen molar-refractivity contribution >= 4 is 32.9 Å². The van der Waals surface area contributed by atoms with Gasteiger partial charge in [0.1, 0.15) is 11.3 Å². The topological polar surface area (TPSA) is 12.9 Å². The van der Waals surface area contributed by atoms with Gasteiger partial charge in [-0.25, -0.2) is 18.2 Å². The highest BCUT2D eigenvalue weighted by Crippen LogP contribution is 2.30. The minimum absolute atomic E-state index is 0.0560. The molecule has 2 heterocycles. The van der Waals surface area contributed by atoms with E-state index in [0.29, 0.717) is 17.5 Å². The Hall–Kier alpha value is -1.40. The standard InChI is InChI=1S/C12H5F3NS2/c13-7-5-8(14)12-11(10(7)15)16-9(18-12)4-6-2-1-3-17-6/h1,3,5H,4H2. The van der Waals surface area contributed by atoms with Crippen LogP contribution in [0, 0.1) is 23.5 Å². The molecule has 3 aromatic rings. The maximum Gasteiger partial charge on any atom is 0.186 e. The predicted molar refractivity (Wildman–Crippen MR) is 65.5 cm³/mol. The molecule has 0 saturated carbocycles. The molecule has 1 nitrogen and oxygen atoms in total. The third-order valence-corrected chi connectivity index (χ3v) is 4.28. The van der Waals surface area contributed by atoms with Gasteiger partial charge in [0.2, 0.25) is 0 Å². The van der Waals surface area contributed by atoms with E-state index in [-0.39, 0.29) is 10.2 Å². The average molecular weight is 284 g/mol. The molecule has 0 aliphatic rings. The van der Waals surface area contributed by atoms with Gasteiger partial charge in [0.25, 0.3) is 0 Å². The van der Waals surface area contributed by atoms with Crippen LogP contribution in [-0.4, -0.2) is 4.98 Å². The van der Waals surface area contributed by atoms with Crippen LogP contribution in [0.25, 0.3) is 10.2 Å². The first-order valence-corrected chi connectivity index (χ1v) is 6.71. The van der Waals surface area contributed by atoms with Crippen molar-refractivity contribution in [2.75, 3.05) is 0 Å². The first-order valence-electron chi connectivity index (χ1n) is 5.02. The molecule has 91 valence electrons. The van der Waals surface area contributed by atoms with Gasteiger partial charge < -0.3 is 0 Å². The normalized spacial score (nSPS) is 11.3. The number of nitrogens with zero attached hydrogens (tertiary/aromatic N) is 1. The molecule has 0 saturated heterocycles. The minimum atomic E-state index is -1.21. The zero-order chi connectivity index (χ0) is 12.7. The van der Waals surface area contributed by atoms with Crippen LogP contribution in [0.1, 0.15) is 9.88 Å². The Bertz CT molecular complexity index is 704. The van der Waals surface area contributed by atoms with E-state index in [1.807, 2.05) is 5.38 Å². The zero-order valence-electron chi connectivity index (χ0n) is 8.84. The molecular weight excluding hydrogens is 279 g/mol. The fourth-order valence-corrected chi connectivity index (χ4v) is 3.34. The molecule has 0 aliphatic heterocycles. The van der Waals surface area contributed by atoms with Gasteiger partial charge in [-0.1, -0.05) is 0 Å². The van der Waals surface area contributed by atoms with Crippen LogP contribution in [0.3, 0.4) is 0 Å². The maximum absolute atomic E-state index is 13.5. The molecule has 0 bridgehead atoms. The second kappa shape index (κ2) is 4.37. The maximum atomic E-state index is 13.5. The molecule has 0 N–H and O–H groups in total. The first kappa shape index (κ1) is 11.7. The summed E-state index contributed by atoms with van der Waals surface area (Å²) in [6.07, 6.45) is 0.456. The lowest BCUT2D eigenvalue weighted by molar-refractivity contribution is 0.504. The number of benzene rings is 1. The molecule has 0 atom stereocenters. The molecule has 6 heteroatoms. The summed E-state index contributed by atoms with van der Waals surface area (Å²) in [4.78, 5) is 4.89. The Morgan fingerprint density at radius 3 is 2.78 bits per heavy atom. The molecular formula is C12H5F3NS2.